The van der Waals surface area contributed by atoms with Crippen LogP contribution in [-0.2, 0) is 6.42 Å². The standard InChI is InChI=1S/C45H33N3/c1-31-22-39(28-44(33-11-4-2-5-12-33)48-45(31)34-13-6-3-7-14-34)42-26-40(25-41(27-42)38-15-9-21-47-30-38)35-18-19-43-36(16-17-37(43)24-35)23-32-10-8-20-46-29-32/h2-21,24-30,36H,23H2,1H3. The van der Waals surface area contributed by atoms with Crippen molar-refractivity contribution in [2.75, 3.05) is 0 Å². The van der Waals surface area contributed by atoms with Gasteiger partial charge in [-0.15, -0.1) is 5.73 Å². The van der Waals surface area contributed by atoms with Gasteiger partial charge in [-0.25, -0.2) is 4.99 Å². The summed E-state index contributed by atoms with van der Waals surface area (Å²) in [5, 5.41) is 0. The number of aliphatic imine (C=N–C) groups is 1. The van der Waals surface area contributed by atoms with Crippen molar-refractivity contribution in [1.29, 1.82) is 0 Å². The molecule has 48 heavy (non-hydrogen) atoms. The molecule has 0 bridgehead atoms. The molecule has 0 N–H and O–H groups in total. The smallest absolute Gasteiger partial charge is 0.0815 e. The molecule has 3 nitrogen and oxygen atoms in total. The lowest BCUT2D eigenvalue weighted by Gasteiger charge is -2.14. The number of benzene rings is 4. The molecular weight excluding hydrogens is 583 g/mol. The van der Waals surface area contributed by atoms with Gasteiger partial charge in [0.1, 0.15) is 0 Å². The van der Waals surface area contributed by atoms with Crippen LogP contribution in [0.25, 0.3) is 39.6 Å². The fourth-order valence-corrected chi connectivity index (χ4v) is 6.62. The van der Waals surface area contributed by atoms with Gasteiger partial charge in [0.25, 0.3) is 0 Å². The number of hydrogen-bond acceptors (Lipinski definition) is 3. The molecule has 0 saturated carbocycles. The minimum atomic E-state index is 0.347. The molecule has 8 rings (SSSR count). The Labute approximate surface area is 281 Å². The van der Waals surface area contributed by atoms with Crippen LogP contribution >= 0.6 is 0 Å². The Morgan fingerprint density at radius 1 is 0.604 bits per heavy atom. The van der Waals surface area contributed by atoms with E-state index >= 15 is 0 Å². The number of pyridine rings is 2. The van der Waals surface area contributed by atoms with Gasteiger partial charge in [-0.3, -0.25) is 9.97 Å². The van der Waals surface area contributed by atoms with E-state index in [4.69, 9.17) is 4.99 Å². The molecular formula is C45H33N3. The molecule has 0 amide bonds. The zero-order valence-electron chi connectivity index (χ0n) is 26.7. The van der Waals surface area contributed by atoms with Crippen molar-refractivity contribution in [3.63, 3.8) is 0 Å². The van der Waals surface area contributed by atoms with Crippen molar-refractivity contribution in [3.8, 4) is 22.3 Å². The van der Waals surface area contributed by atoms with Crippen molar-refractivity contribution in [3.05, 3.63) is 203 Å². The SMILES string of the molecule is CC1=C=C(c2cc(-c3cccnc3)cc(-c3ccc4c(c3)C=CC4Cc3cccnc3)c2)C=C(c2ccccc2)N=C1c1ccccc1. The monoisotopic (exact) mass is 615 g/mol. The number of hydrogen-bond donors (Lipinski definition) is 0. The molecule has 6 aromatic rings. The molecule has 2 aromatic heterocycles. The molecule has 0 radical (unpaired) electrons. The highest BCUT2D eigenvalue weighted by molar-refractivity contribution is 6.15. The van der Waals surface area contributed by atoms with Crippen molar-refractivity contribution in [2.24, 2.45) is 4.99 Å². The Morgan fingerprint density at radius 2 is 1.29 bits per heavy atom. The summed E-state index contributed by atoms with van der Waals surface area (Å²) in [7, 11) is 0. The third kappa shape index (κ3) is 6.03. The minimum absolute atomic E-state index is 0.347. The number of aromatic nitrogens is 2. The summed E-state index contributed by atoms with van der Waals surface area (Å²) < 4.78 is 0. The summed E-state index contributed by atoms with van der Waals surface area (Å²) in [6.45, 7) is 2.11. The van der Waals surface area contributed by atoms with Crippen LogP contribution in [0.2, 0.25) is 0 Å². The predicted octanol–water partition coefficient (Wildman–Crippen LogP) is 10.6. The average Bonchev–Trinajstić information content (AvgIpc) is 3.46. The summed E-state index contributed by atoms with van der Waals surface area (Å²) in [5.41, 5.74) is 19.2. The van der Waals surface area contributed by atoms with E-state index in [0.29, 0.717) is 5.92 Å². The van der Waals surface area contributed by atoms with Crippen LogP contribution in [0.3, 0.4) is 0 Å². The van der Waals surface area contributed by atoms with E-state index in [0.717, 1.165) is 62.4 Å². The third-order valence-corrected chi connectivity index (χ3v) is 9.05. The van der Waals surface area contributed by atoms with E-state index in [1.807, 2.05) is 49.1 Å². The lowest BCUT2D eigenvalue weighted by molar-refractivity contribution is 0.845. The largest absolute Gasteiger partial charge is 0.264 e. The van der Waals surface area contributed by atoms with Gasteiger partial charge in [-0.2, -0.15) is 0 Å². The maximum Gasteiger partial charge on any atom is 0.0815 e. The summed E-state index contributed by atoms with van der Waals surface area (Å²) in [4.78, 5) is 14.0. The highest BCUT2D eigenvalue weighted by Crippen LogP contribution is 2.38. The molecule has 2 aliphatic rings. The molecule has 4 aromatic carbocycles. The maximum absolute atomic E-state index is 5.25. The van der Waals surface area contributed by atoms with E-state index in [1.165, 1.54) is 22.3 Å². The van der Waals surface area contributed by atoms with Gasteiger partial charge < -0.3 is 0 Å². The Balaban J connectivity index is 1.26. The van der Waals surface area contributed by atoms with Crippen LogP contribution in [0.4, 0.5) is 0 Å². The van der Waals surface area contributed by atoms with Gasteiger partial charge >= 0.3 is 0 Å². The van der Waals surface area contributed by atoms with E-state index < -0.39 is 0 Å². The van der Waals surface area contributed by atoms with Crippen LogP contribution in [0.5, 0.6) is 0 Å². The van der Waals surface area contributed by atoms with Crippen LogP contribution in [0.1, 0.15) is 46.2 Å². The highest BCUT2D eigenvalue weighted by Gasteiger charge is 2.20. The highest BCUT2D eigenvalue weighted by atomic mass is 14.8. The molecule has 1 aliphatic heterocycles. The first-order chi connectivity index (χ1) is 23.7. The predicted molar refractivity (Wildman–Crippen MR) is 198 cm³/mol. The summed E-state index contributed by atoms with van der Waals surface area (Å²) in [5.74, 6) is 0.347. The summed E-state index contributed by atoms with van der Waals surface area (Å²) in [6.07, 6.45) is 15.3. The molecule has 1 atom stereocenters. The van der Waals surface area contributed by atoms with Crippen molar-refractivity contribution >= 4 is 23.1 Å². The van der Waals surface area contributed by atoms with Crippen LogP contribution in [0, 0.1) is 0 Å². The molecule has 3 heterocycles. The zero-order chi connectivity index (χ0) is 32.3. The Kier molecular flexibility index (Phi) is 7.88. The molecule has 3 heteroatoms. The van der Waals surface area contributed by atoms with Gasteiger partial charge in [0.15, 0.2) is 0 Å². The lowest BCUT2D eigenvalue weighted by atomic mass is 9.90. The Bertz CT molecular complexity index is 2270. The van der Waals surface area contributed by atoms with Gasteiger partial charge in [0.05, 0.1) is 11.4 Å². The molecule has 0 saturated heterocycles. The first-order valence-corrected chi connectivity index (χ1v) is 16.3. The van der Waals surface area contributed by atoms with Gasteiger partial charge in [-0.05, 0) is 94.8 Å². The maximum atomic E-state index is 5.25. The number of allylic oxidation sites excluding steroid dienone is 3. The molecule has 1 unspecified atom stereocenters. The zero-order valence-corrected chi connectivity index (χ0v) is 26.7. The molecule has 0 spiro atoms. The fourth-order valence-electron chi connectivity index (χ4n) is 6.62. The average molecular weight is 616 g/mol. The fraction of sp³-hybridized carbons (Fsp3) is 0.0667. The summed E-state index contributed by atoms with van der Waals surface area (Å²) >= 11 is 0. The van der Waals surface area contributed by atoms with E-state index in [-0.39, 0.29) is 0 Å². The Hall–Kier alpha value is -6.15. The van der Waals surface area contributed by atoms with Gasteiger partial charge in [-0.1, -0.05) is 97.1 Å². The second kappa shape index (κ2) is 12.9. The molecule has 0 fully saturated rings. The second-order valence-electron chi connectivity index (χ2n) is 12.3. The Morgan fingerprint density at radius 3 is 2.02 bits per heavy atom. The lowest BCUT2D eigenvalue weighted by Crippen LogP contribution is -2.02. The number of nitrogens with zero attached hydrogens (tertiary/aromatic N) is 3. The van der Waals surface area contributed by atoms with E-state index in [2.05, 4.69) is 138 Å². The first kappa shape index (κ1) is 29.3. The minimum Gasteiger partial charge on any atom is -0.264 e. The quantitative estimate of drug-likeness (QED) is 0.168. The van der Waals surface area contributed by atoms with Crippen LogP contribution in [0.15, 0.2) is 175 Å². The van der Waals surface area contributed by atoms with Gasteiger partial charge in [0.2, 0.25) is 0 Å². The van der Waals surface area contributed by atoms with Crippen LogP contribution in [-0.4, -0.2) is 15.7 Å². The number of rotatable bonds is 7. The number of fused-ring (bicyclic) bond motifs is 1. The van der Waals surface area contributed by atoms with Crippen molar-refractivity contribution in [1.82, 2.24) is 9.97 Å². The van der Waals surface area contributed by atoms with Crippen molar-refractivity contribution < 1.29 is 0 Å². The molecule has 1 aliphatic carbocycles. The van der Waals surface area contributed by atoms with Crippen molar-refractivity contribution in [2.45, 2.75) is 19.3 Å². The topological polar surface area (TPSA) is 38.1 Å². The first-order valence-electron chi connectivity index (χ1n) is 16.3. The van der Waals surface area contributed by atoms with E-state index in [1.54, 1.807) is 0 Å². The van der Waals surface area contributed by atoms with E-state index in [9.17, 15) is 0 Å². The third-order valence-electron chi connectivity index (χ3n) is 9.05. The molecule has 228 valence electrons. The normalized spacial score (nSPS) is 15.1. The second-order valence-corrected chi connectivity index (χ2v) is 12.3. The van der Waals surface area contributed by atoms with Gasteiger partial charge in [0, 0.05) is 58.5 Å². The van der Waals surface area contributed by atoms with Crippen LogP contribution < -0.4 is 0 Å². The summed E-state index contributed by atoms with van der Waals surface area (Å²) in [6, 6.07) is 42.8.